The number of carbonyl (C=O) groups excluding carboxylic acids is 1. The van der Waals surface area contributed by atoms with Gasteiger partial charge in [0.15, 0.2) is 0 Å². The second-order valence-corrected chi connectivity index (χ2v) is 12.2. The molecule has 3 aromatic rings. The molecule has 1 aromatic heterocycles. The van der Waals surface area contributed by atoms with E-state index in [2.05, 4.69) is 60.8 Å². The van der Waals surface area contributed by atoms with Crippen LogP contribution >= 0.6 is 0 Å². The number of rotatable bonds is 9. The molecule has 1 amide bonds. The molecular formula is C32H41F2N3O3. The van der Waals surface area contributed by atoms with Gasteiger partial charge in [-0.3, -0.25) is 4.79 Å². The molecule has 2 unspecified atom stereocenters. The molecule has 216 valence electrons. The van der Waals surface area contributed by atoms with Crippen LogP contribution in [0.4, 0.5) is 8.78 Å². The Morgan fingerprint density at radius 1 is 1.07 bits per heavy atom. The Morgan fingerprint density at radius 3 is 2.35 bits per heavy atom. The fourth-order valence-corrected chi connectivity index (χ4v) is 5.76. The number of halogens is 2. The summed E-state index contributed by atoms with van der Waals surface area (Å²) >= 11 is 0. The number of nitrogens with zero attached hydrogens (tertiary/aromatic N) is 1. The number of aliphatic hydroxyl groups is 1. The summed E-state index contributed by atoms with van der Waals surface area (Å²) in [6.07, 6.45) is 4.15. The molecule has 8 heteroatoms. The van der Waals surface area contributed by atoms with Crippen molar-refractivity contribution >= 4 is 5.91 Å². The quantitative estimate of drug-likeness (QED) is 0.302. The lowest BCUT2D eigenvalue weighted by molar-refractivity contribution is 0.0787. The maximum Gasteiger partial charge on any atom is 0.257 e. The normalized spacial score (nSPS) is 16.9. The number of aromatic nitrogens is 1. The van der Waals surface area contributed by atoms with E-state index in [0.717, 1.165) is 38.2 Å². The highest BCUT2D eigenvalue weighted by Gasteiger charge is 2.36. The first-order chi connectivity index (χ1) is 18.9. The fraction of sp³-hybridized carbons (Fsp3) is 0.500. The molecule has 1 fully saturated rings. The van der Waals surface area contributed by atoms with Crippen molar-refractivity contribution in [2.75, 3.05) is 6.54 Å². The van der Waals surface area contributed by atoms with Gasteiger partial charge in [-0.05, 0) is 67.3 Å². The second kappa shape index (κ2) is 12.2. The molecular weight excluding hydrogens is 512 g/mol. The van der Waals surface area contributed by atoms with E-state index < -0.39 is 29.7 Å². The summed E-state index contributed by atoms with van der Waals surface area (Å²) in [5.74, 6) is -1.52. The van der Waals surface area contributed by atoms with E-state index in [1.807, 2.05) is 0 Å². The van der Waals surface area contributed by atoms with Gasteiger partial charge in [-0.1, -0.05) is 69.5 Å². The summed E-state index contributed by atoms with van der Waals surface area (Å²) in [7, 11) is 0. The van der Waals surface area contributed by atoms with Crippen LogP contribution in [0.15, 0.2) is 47.0 Å². The van der Waals surface area contributed by atoms with E-state index in [1.54, 1.807) is 13.8 Å². The number of hydrogen-bond acceptors (Lipinski definition) is 5. The smallest absolute Gasteiger partial charge is 0.257 e. The highest BCUT2D eigenvalue weighted by atomic mass is 19.1. The third kappa shape index (κ3) is 6.96. The summed E-state index contributed by atoms with van der Waals surface area (Å²) in [6, 6.07) is 11.1. The van der Waals surface area contributed by atoms with Gasteiger partial charge in [-0.25, -0.2) is 8.78 Å². The fourth-order valence-electron chi connectivity index (χ4n) is 5.76. The molecule has 2 atom stereocenters. The van der Waals surface area contributed by atoms with Crippen molar-refractivity contribution in [2.24, 2.45) is 0 Å². The van der Waals surface area contributed by atoms with Crippen molar-refractivity contribution < 1.29 is 23.2 Å². The van der Waals surface area contributed by atoms with Crippen LogP contribution in [-0.2, 0) is 17.4 Å². The van der Waals surface area contributed by atoms with Gasteiger partial charge in [-0.2, -0.15) is 0 Å². The highest BCUT2D eigenvalue weighted by molar-refractivity contribution is 5.96. The van der Waals surface area contributed by atoms with E-state index in [-0.39, 0.29) is 23.9 Å². The number of hydrogen-bond donors (Lipinski definition) is 3. The highest BCUT2D eigenvalue weighted by Crippen LogP contribution is 2.38. The van der Waals surface area contributed by atoms with Crippen molar-refractivity contribution in [3.8, 4) is 0 Å². The minimum Gasteiger partial charge on any atom is -0.390 e. The maximum absolute atomic E-state index is 14.0. The van der Waals surface area contributed by atoms with Crippen LogP contribution in [0.1, 0.15) is 91.4 Å². The Hall–Kier alpha value is -3.10. The Kier molecular flexibility index (Phi) is 9.10. The third-order valence-electron chi connectivity index (χ3n) is 8.06. The lowest BCUT2D eigenvalue weighted by Crippen LogP contribution is -2.53. The van der Waals surface area contributed by atoms with E-state index in [0.29, 0.717) is 22.6 Å². The SMILES string of the molecule is Cc1noc(C)c1C(=O)NC(Cc1cc(F)cc(F)c1)C(O)CNC1(c2cccc(C(C)(C)C)c2)CCCCC1. The number of benzene rings is 2. The van der Waals surface area contributed by atoms with Gasteiger partial charge in [-0.15, -0.1) is 0 Å². The summed E-state index contributed by atoms with van der Waals surface area (Å²) in [4.78, 5) is 13.2. The zero-order chi connectivity index (χ0) is 29.1. The van der Waals surface area contributed by atoms with Gasteiger partial charge >= 0.3 is 0 Å². The van der Waals surface area contributed by atoms with Crippen LogP contribution in [0.3, 0.4) is 0 Å². The Bertz CT molecular complexity index is 1290. The molecule has 4 rings (SSSR count). The number of carbonyl (C=O) groups is 1. The van der Waals surface area contributed by atoms with Gasteiger partial charge in [0.05, 0.1) is 17.8 Å². The van der Waals surface area contributed by atoms with E-state index in [1.165, 1.54) is 23.3 Å². The number of aryl methyl sites for hydroxylation is 2. The summed E-state index contributed by atoms with van der Waals surface area (Å²) in [6.45, 7) is 10.1. The van der Waals surface area contributed by atoms with Crippen LogP contribution < -0.4 is 10.6 Å². The van der Waals surface area contributed by atoms with E-state index in [4.69, 9.17) is 4.52 Å². The summed E-state index contributed by atoms with van der Waals surface area (Å²) in [5, 5.41) is 21.9. The maximum atomic E-state index is 14.0. The minimum atomic E-state index is -1.04. The van der Waals surface area contributed by atoms with Gasteiger partial charge in [0.1, 0.15) is 23.0 Å². The Labute approximate surface area is 235 Å². The Balaban J connectivity index is 1.59. The van der Waals surface area contributed by atoms with Crippen LogP contribution in [0.25, 0.3) is 0 Å². The molecule has 3 N–H and O–H groups in total. The van der Waals surface area contributed by atoms with E-state index in [9.17, 15) is 18.7 Å². The van der Waals surface area contributed by atoms with Crippen molar-refractivity contribution in [1.82, 2.24) is 15.8 Å². The number of aliphatic hydroxyl groups excluding tert-OH is 1. The first kappa shape index (κ1) is 29.9. The largest absolute Gasteiger partial charge is 0.390 e. The molecule has 0 spiro atoms. The van der Waals surface area contributed by atoms with Crippen molar-refractivity contribution in [3.05, 3.63) is 87.8 Å². The van der Waals surface area contributed by atoms with Gasteiger partial charge in [0.2, 0.25) is 0 Å². The zero-order valence-electron chi connectivity index (χ0n) is 24.1. The monoisotopic (exact) mass is 553 g/mol. The van der Waals surface area contributed by atoms with Crippen LogP contribution in [0.5, 0.6) is 0 Å². The van der Waals surface area contributed by atoms with Crippen LogP contribution in [0, 0.1) is 25.5 Å². The molecule has 0 aliphatic heterocycles. The van der Waals surface area contributed by atoms with Crippen molar-refractivity contribution in [3.63, 3.8) is 0 Å². The summed E-state index contributed by atoms with van der Waals surface area (Å²) < 4.78 is 33.1. The average Bonchev–Trinajstić information content (AvgIpc) is 3.24. The van der Waals surface area contributed by atoms with Crippen LogP contribution in [0.2, 0.25) is 0 Å². The second-order valence-electron chi connectivity index (χ2n) is 12.2. The van der Waals surface area contributed by atoms with Gasteiger partial charge in [0.25, 0.3) is 5.91 Å². The molecule has 2 aromatic carbocycles. The first-order valence-electron chi connectivity index (χ1n) is 14.1. The molecule has 1 aliphatic carbocycles. The predicted molar refractivity (Wildman–Crippen MR) is 151 cm³/mol. The number of amides is 1. The van der Waals surface area contributed by atoms with Gasteiger partial charge in [0, 0.05) is 18.2 Å². The van der Waals surface area contributed by atoms with Gasteiger partial charge < -0.3 is 20.3 Å². The molecule has 0 saturated heterocycles. The number of nitrogens with one attached hydrogen (secondary N) is 2. The first-order valence-corrected chi connectivity index (χ1v) is 14.1. The molecule has 1 aliphatic rings. The molecule has 40 heavy (non-hydrogen) atoms. The standard InChI is InChI=1S/C32H41F2N3O3/c1-20-29(21(2)40-37-20)30(39)36-27(16-22-14-25(33)18-26(34)15-22)28(38)19-35-32(12-7-6-8-13-32)24-11-9-10-23(17-24)31(3,4)5/h9-11,14-15,17-18,27-28,35,38H,6-8,12-13,16,19H2,1-5H3,(H,36,39). The Morgan fingerprint density at radius 2 is 1.75 bits per heavy atom. The molecule has 6 nitrogen and oxygen atoms in total. The lowest BCUT2D eigenvalue weighted by Gasteiger charge is -2.41. The summed E-state index contributed by atoms with van der Waals surface area (Å²) in [5.41, 5.74) is 3.17. The molecule has 1 saturated carbocycles. The average molecular weight is 554 g/mol. The topological polar surface area (TPSA) is 87.4 Å². The predicted octanol–water partition coefficient (Wildman–Crippen LogP) is 6.02. The molecule has 0 bridgehead atoms. The lowest BCUT2D eigenvalue weighted by atomic mass is 9.74. The van der Waals surface area contributed by atoms with E-state index >= 15 is 0 Å². The third-order valence-corrected chi connectivity index (χ3v) is 8.06. The van der Waals surface area contributed by atoms with Crippen molar-refractivity contribution in [2.45, 2.75) is 96.2 Å². The van der Waals surface area contributed by atoms with Crippen molar-refractivity contribution in [1.29, 1.82) is 0 Å². The molecule has 1 heterocycles. The minimum absolute atomic E-state index is 0.000801. The molecule has 0 radical (unpaired) electrons. The van der Waals surface area contributed by atoms with Crippen LogP contribution in [-0.4, -0.2) is 34.9 Å². The zero-order valence-corrected chi connectivity index (χ0v) is 24.1.